The number of hydrogen-bond donors (Lipinski definition) is 1. The molecule has 1 atom stereocenters. The van der Waals surface area contributed by atoms with E-state index in [0.29, 0.717) is 25.1 Å². The van der Waals surface area contributed by atoms with E-state index in [2.05, 4.69) is 15.5 Å². The van der Waals surface area contributed by atoms with Crippen molar-refractivity contribution in [3.63, 3.8) is 0 Å². The van der Waals surface area contributed by atoms with E-state index in [4.69, 9.17) is 0 Å². The number of nitrogens with one attached hydrogen (secondary N) is 1. The van der Waals surface area contributed by atoms with E-state index in [1.165, 1.54) is 6.07 Å². The van der Waals surface area contributed by atoms with Crippen LogP contribution in [0.5, 0.6) is 0 Å². The SMILES string of the molecule is CCn1cnnc1CCNC(=O)c1cc(S(=O)(=O)N2CCCCC2C)ccc1C. The highest BCUT2D eigenvalue weighted by molar-refractivity contribution is 7.89. The number of nitrogens with zero attached hydrogens (tertiary/aromatic N) is 4. The second-order valence-electron chi connectivity index (χ2n) is 7.48. The lowest BCUT2D eigenvalue weighted by Gasteiger charge is -2.32. The summed E-state index contributed by atoms with van der Waals surface area (Å²) in [6.45, 7) is 7.44. The molecular weight excluding hydrogens is 390 g/mol. The summed E-state index contributed by atoms with van der Waals surface area (Å²) in [4.78, 5) is 12.9. The molecule has 2 aromatic rings. The normalized spacial score (nSPS) is 18.0. The Morgan fingerprint density at radius 3 is 2.83 bits per heavy atom. The highest BCUT2D eigenvalue weighted by Gasteiger charge is 2.31. The van der Waals surface area contributed by atoms with Gasteiger partial charge in [-0.05, 0) is 51.3 Å². The van der Waals surface area contributed by atoms with Gasteiger partial charge in [-0.15, -0.1) is 10.2 Å². The molecule has 1 saturated heterocycles. The lowest BCUT2D eigenvalue weighted by atomic mass is 10.1. The second kappa shape index (κ2) is 9.04. The number of aryl methyl sites for hydroxylation is 2. The average Bonchev–Trinajstić information content (AvgIpc) is 3.15. The van der Waals surface area contributed by atoms with Crippen LogP contribution in [-0.4, -0.2) is 52.5 Å². The van der Waals surface area contributed by atoms with E-state index < -0.39 is 10.0 Å². The third-order valence-corrected chi connectivity index (χ3v) is 7.48. The highest BCUT2D eigenvalue weighted by atomic mass is 32.2. The third-order valence-electron chi connectivity index (χ3n) is 5.47. The number of carbonyl (C=O) groups is 1. The monoisotopic (exact) mass is 419 g/mol. The topological polar surface area (TPSA) is 97.2 Å². The van der Waals surface area contributed by atoms with Crippen molar-refractivity contribution >= 4 is 15.9 Å². The standard InChI is InChI=1S/C20H29N5O3S/c1-4-24-14-22-23-19(24)10-11-21-20(26)18-13-17(9-8-15(18)2)29(27,28)25-12-6-5-7-16(25)3/h8-9,13-14,16H,4-7,10-12H2,1-3H3,(H,21,26). The number of carbonyl (C=O) groups excluding carboxylic acids is 1. The van der Waals surface area contributed by atoms with Crippen LogP contribution in [0.25, 0.3) is 0 Å². The van der Waals surface area contributed by atoms with Gasteiger partial charge in [0.1, 0.15) is 12.2 Å². The minimum absolute atomic E-state index is 0.0248. The van der Waals surface area contributed by atoms with Gasteiger partial charge in [0.15, 0.2) is 0 Å². The first kappa shape index (κ1) is 21.4. The molecule has 158 valence electrons. The van der Waals surface area contributed by atoms with Gasteiger partial charge in [0, 0.05) is 37.7 Å². The molecule has 0 saturated carbocycles. The van der Waals surface area contributed by atoms with Gasteiger partial charge in [-0.1, -0.05) is 12.5 Å². The molecule has 1 aromatic carbocycles. The van der Waals surface area contributed by atoms with Crippen molar-refractivity contribution in [1.82, 2.24) is 24.4 Å². The van der Waals surface area contributed by atoms with Crippen LogP contribution in [0.3, 0.4) is 0 Å². The highest BCUT2D eigenvalue weighted by Crippen LogP contribution is 2.26. The lowest BCUT2D eigenvalue weighted by Crippen LogP contribution is -2.42. The quantitative estimate of drug-likeness (QED) is 0.742. The Hall–Kier alpha value is -2.26. The molecule has 29 heavy (non-hydrogen) atoms. The molecule has 9 heteroatoms. The molecule has 0 spiro atoms. The van der Waals surface area contributed by atoms with Crippen LogP contribution >= 0.6 is 0 Å². The Labute approximate surface area is 172 Å². The zero-order chi connectivity index (χ0) is 21.0. The summed E-state index contributed by atoms with van der Waals surface area (Å²) in [6, 6.07) is 4.76. The first-order valence-corrected chi connectivity index (χ1v) is 11.6. The van der Waals surface area contributed by atoms with Gasteiger partial charge in [-0.3, -0.25) is 4.79 Å². The summed E-state index contributed by atoms with van der Waals surface area (Å²) >= 11 is 0. The van der Waals surface area contributed by atoms with Crippen LogP contribution in [0.2, 0.25) is 0 Å². The fraction of sp³-hybridized carbons (Fsp3) is 0.550. The Bertz CT molecular complexity index is 970. The summed E-state index contributed by atoms with van der Waals surface area (Å²) < 4.78 is 29.7. The van der Waals surface area contributed by atoms with Gasteiger partial charge >= 0.3 is 0 Å². The van der Waals surface area contributed by atoms with Gasteiger partial charge in [-0.25, -0.2) is 8.42 Å². The Balaban J connectivity index is 1.73. The summed E-state index contributed by atoms with van der Waals surface area (Å²) in [6.07, 6.45) is 4.99. The fourth-order valence-electron chi connectivity index (χ4n) is 3.69. The number of hydrogen-bond acceptors (Lipinski definition) is 5. The molecule has 1 aliphatic heterocycles. The molecule has 1 aliphatic rings. The number of sulfonamides is 1. The Morgan fingerprint density at radius 1 is 1.31 bits per heavy atom. The predicted molar refractivity (Wildman–Crippen MR) is 110 cm³/mol. The summed E-state index contributed by atoms with van der Waals surface area (Å²) in [5.41, 5.74) is 1.12. The van der Waals surface area contributed by atoms with E-state index in [0.717, 1.165) is 37.2 Å². The zero-order valence-corrected chi connectivity index (χ0v) is 18.1. The van der Waals surface area contributed by atoms with Crippen molar-refractivity contribution in [2.45, 2.75) is 63.9 Å². The van der Waals surface area contributed by atoms with Crippen LogP contribution in [0.1, 0.15) is 54.9 Å². The molecule has 1 amide bonds. The first-order valence-electron chi connectivity index (χ1n) is 10.1. The fourth-order valence-corrected chi connectivity index (χ4v) is 5.42. The summed E-state index contributed by atoms with van der Waals surface area (Å²) in [5, 5.41) is 10.8. The molecule has 1 aromatic heterocycles. The number of benzene rings is 1. The van der Waals surface area contributed by atoms with Gasteiger partial charge in [0.2, 0.25) is 10.0 Å². The van der Waals surface area contributed by atoms with Crippen LogP contribution in [0, 0.1) is 6.92 Å². The molecule has 1 unspecified atom stereocenters. The Kier molecular flexibility index (Phi) is 6.69. The molecule has 1 fully saturated rings. The van der Waals surface area contributed by atoms with Crippen molar-refractivity contribution < 1.29 is 13.2 Å². The minimum atomic E-state index is -3.62. The van der Waals surface area contributed by atoms with E-state index in [9.17, 15) is 13.2 Å². The molecule has 2 heterocycles. The molecule has 1 N–H and O–H groups in total. The van der Waals surface area contributed by atoms with Crippen LogP contribution in [0.15, 0.2) is 29.4 Å². The van der Waals surface area contributed by atoms with Crippen molar-refractivity contribution in [1.29, 1.82) is 0 Å². The third kappa shape index (κ3) is 4.67. The lowest BCUT2D eigenvalue weighted by molar-refractivity contribution is 0.0953. The number of amides is 1. The molecule has 0 radical (unpaired) electrons. The smallest absolute Gasteiger partial charge is 0.251 e. The van der Waals surface area contributed by atoms with Crippen molar-refractivity contribution in [2.75, 3.05) is 13.1 Å². The average molecular weight is 420 g/mol. The molecular formula is C20H29N5O3S. The van der Waals surface area contributed by atoms with E-state index in [-0.39, 0.29) is 16.8 Å². The second-order valence-corrected chi connectivity index (χ2v) is 9.37. The van der Waals surface area contributed by atoms with Gasteiger partial charge in [0.25, 0.3) is 5.91 Å². The van der Waals surface area contributed by atoms with Gasteiger partial charge < -0.3 is 9.88 Å². The maximum atomic E-state index is 13.1. The van der Waals surface area contributed by atoms with Crippen LogP contribution < -0.4 is 5.32 Å². The molecule has 8 nitrogen and oxygen atoms in total. The summed E-state index contributed by atoms with van der Waals surface area (Å²) in [5.74, 6) is 0.522. The largest absolute Gasteiger partial charge is 0.352 e. The Morgan fingerprint density at radius 2 is 2.10 bits per heavy atom. The maximum Gasteiger partial charge on any atom is 0.251 e. The number of rotatable bonds is 7. The molecule has 0 bridgehead atoms. The number of piperidine rings is 1. The van der Waals surface area contributed by atoms with Crippen molar-refractivity contribution in [3.8, 4) is 0 Å². The molecule has 0 aliphatic carbocycles. The van der Waals surface area contributed by atoms with Crippen molar-refractivity contribution in [2.24, 2.45) is 0 Å². The maximum absolute atomic E-state index is 13.1. The summed E-state index contributed by atoms with van der Waals surface area (Å²) in [7, 11) is -3.62. The molecule has 3 rings (SSSR count). The zero-order valence-electron chi connectivity index (χ0n) is 17.3. The van der Waals surface area contributed by atoms with Gasteiger partial charge in [-0.2, -0.15) is 4.31 Å². The predicted octanol–water partition coefficient (Wildman–Crippen LogP) is 2.14. The van der Waals surface area contributed by atoms with E-state index in [1.54, 1.807) is 22.8 Å². The van der Waals surface area contributed by atoms with E-state index >= 15 is 0 Å². The first-order chi connectivity index (χ1) is 13.8. The van der Waals surface area contributed by atoms with E-state index in [1.807, 2.05) is 25.3 Å². The number of aromatic nitrogens is 3. The van der Waals surface area contributed by atoms with Crippen molar-refractivity contribution in [3.05, 3.63) is 41.5 Å². The van der Waals surface area contributed by atoms with Crippen LogP contribution in [0.4, 0.5) is 0 Å². The minimum Gasteiger partial charge on any atom is -0.352 e. The van der Waals surface area contributed by atoms with Gasteiger partial charge in [0.05, 0.1) is 4.90 Å². The van der Waals surface area contributed by atoms with Crippen LogP contribution in [-0.2, 0) is 23.0 Å².